The van der Waals surface area contributed by atoms with E-state index in [2.05, 4.69) is 35.6 Å². The number of ether oxygens (including phenoxy) is 2. The Morgan fingerprint density at radius 2 is 1.91 bits per heavy atom. The zero-order valence-electron chi connectivity index (χ0n) is 13.2. The van der Waals surface area contributed by atoms with Crippen LogP contribution in [-0.2, 0) is 20.7 Å². The van der Waals surface area contributed by atoms with E-state index in [4.69, 9.17) is 9.47 Å². The Morgan fingerprint density at radius 1 is 1.14 bits per heavy atom. The van der Waals surface area contributed by atoms with Crippen molar-refractivity contribution in [3.63, 3.8) is 0 Å². The molecule has 118 valence electrons. The molecule has 0 radical (unpaired) electrons. The Labute approximate surface area is 131 Å². The maximum atomic E-state index is 11.7. The smallest absolute Gasteiger partial charge is 0.246 e. The lowest BCUT2D eigenvalue weighted by atomic mass is 10.0. The molecule has 0 aromatic heterocycles. The van der Waals surface area contributed by atoms with Crippen molar-refractivity contribution in [1.82, 2.24) is 5.32 Å². The molecule has 0 aliphatic carbocycles. The van der Waals surface area contributed by atoms with Crippen molar-refractivity contribution in [3.8, 4) is 0 Å². The highest BCUT2D eigenvalue weighted by Crippen LogP contribution is 2.16. The molecule has 0 aliphatic rings. The number of nitrogens with one attached hydrogen (secondary N) is 1. The Morgan fingerprint density at radius 3 is 2.68 bits per heavy atom. The Hall–Kier alpha value is -1.91. The largest absolute Gasteiger partial charge is 0.382 e. The molecule has 0 aliphatic heterocycles. The summed E-state index contributed by atoms with van der Waals surface area (Å²) in [5.74, 6) is -0.0932. The normalized spacial score (nSPS) is 12.3. The number of amides is 1. The van der Waals surface area contributed by atoms with Gasteiger partial charge in [-0.25, -0.2) is 0 Å². The third-order valence-corrected chi connectivity index (χ3v) is 3.43. The molecule has 1 atom stereocenters. The summed E-state index contributed by atoms with van der Waals surface area (Å²) >= 11 is 0. The first-order valence-electron chi connectivity index (χ1n) is 7.53. The molecule has 0 spiro atoms. The summed E-state index contributed by atoms with van der Waals surface area (Å²) in [7, 11) is 1.61. The SMILES string of the molecule is COCCOCC(=O)N[C@H](C)Cc1ccc2ccccc2c1. The van der Waals surface area contributed by atoms with Crippen LogP contribution in [0.25, 0.3) is 10.8 Å². The fourth-order valence-electron chi connectivity index (χ4n) is 2.39. The molecule has 2 aromatic carbocycles. The van der Waals surface area contributed by atoms with Gasteiger partial charge in [0.25, 0.3) is 0 Å². The molecule has 1 amide bonds. The van der Waals surface area contributed by atoms with Gasteiger partial charge in [-0.2, -0.15) is 0 Å². The molecule has 0 saturated carbocycles. The van der Waals surface area contributed by atoms with Crippen LogP contribution in [0.3, 0.4) is 0 Å². The lowest BCUT2D eigenvalue weighted by Crippen LogP contribution is -2.36. The third-order valence-electron chi connectivity index (χ3n) is 3.43. The number of rotatable bonds is 8. The Balaban J connectivity index is 1.82. The number of carbonyl (C=O) groups is 1. The number of methoxy groups -OCH3 is 1. The van der Waals surface area contributed by atoms with Crippen LogP contribution in [0.5, 0.6) is 0 Å². The summed E-state index contributed by atoms with van der Waals surface area (Å²) in [6.45, 7) is 3.01. The average molecular weight is 301 g/mol. The lowest BCUT2D eigenvalue weighted by Gasteiger charge is -2.14. The molecule has 4 heteroatoms. The van der Waals surface area contributed by atoms with Crippen LogP contribution in [0.15, 0.2) is 42.5 Å². The van der Waals surface area contributed by atoms with Gasteiger partial charge in [0.15, 0.2) is 0 Å². The Kier molecular flexibility index (Phi) is 6.37. The van der Waals surface area contributed by atoms with Crippen LogP contribution >= 0.6 is 0 Å². The topological polar surface area (TPSA) is 47.6 Å². The summed E-state index contributed by atoms with van der Waals surface area (Å²) < 4.78 is 10.1. The zero-order chi connectivity index (χ0) is 15.8. The van der Waals surface area contributed by atoms with Gasteiger partial charge in [0, 0.05) is 13.2 Å². The molecule has 2 rings (SSSR count). The van der Waals surface area contributed by atoms with E-state index in [1.54, 1.807) is 7.11 Å². The first-order valence-corrected chi connectivity index (χ1v) is 7.53. The van der Waals surface area contributed by atoms with E-state index in [9.17, 15) is 4.79 Å². The second-order valence-corrected chi connectivity index (χ2v) is 5.40. The number of hydrogen-bond donors (Lipinski definition) is 1. The third kappa shape index (κ3) is 5.13. The number of benzene rings is 2. The maximum Gasteiger partial charge on any atom is 0.246 e. The van der Waals surface area contributed by atoms with Gasteiger partial charge in [0.05, 0.1) is 13.2 Å². The Bertz CT molecular complexity index is 612. The van der Waals surface area contributed by atoms with Crippen LogP contribution in [0, 0.1) is 0 Å². The first-order chi connectivity index (χ1) is 10.7. The van der Waals surface area contributed by atoms with Crippen molar-refractivity contribution in [3.05, 3.63) is 48.0 Å². The van der Waals surface area contributed by atoms with Crippen LogP contribution in [-0.4, -0.2) is 38.9 Å². The van der Waals surface area contributed by atoms with E-state index < -0.39 is 0 Å². The second kappa shape index (κ2) is 8.51. The first kappa shape index (κ1) is 16.5. The average Bonchev–Trinajstić information content (AvgIpc) is 2.51. The van der Waals surface area contributed by atoms with Gasteiger partial charge in [0.2, 0.25) is 5.91 Å². The number of hydrogen-bond acceptors (Lipinski definition) is 3. The summed E-state index contributed by atoms with van der Waals surface area (Å²) in [6, 6.07) is 14.7. The molecule has 4 nitrogen and oxygen atoms in total. The molecule has 0 fully saturated rings. The van der Waals surface area contributed by atoms with E-state index in [0.29, 0.717) is 13.2 Å². The summed E-state index contributed by atoms with van der Waals surface area (Å²) in [5, 5.41) is 5.40. The number of carbonyl (C=O) groups excluding carboxylic acids is 1. The van der Waals surface area contributed by atoms with Gasteiger partial charge >= 0.3 is 0 Å². The van der Waals surface area contributed by atoms with Gasteiger partial charge in [-0.1, -0.05) is 42.5 Å². The monoisotopic (exact) mass is 301 g/mol. The summed E-state index contributed by atoms with van der Waals surface area (Å²) in [6.07, 6.45) is 0.800. The molecule has 0 bridgehead atoms. The van der Waals surface area contributed by atoms with E-state index in [1.807, 2.05) is 19.1 Å². The highest BCUT2D eigenvalue weighted by atomic mass is 16.5. The summed E-state index contributed by atoms with van der Waals surface area (Å²) in [5.41, 5.74) is 1.21. The standard InChI is InChI=1S/C18H23NO3/c1-14(19-18(20)13-22-10-9-21-2)11-15-7-8-16-5-3-4-6-17(16)12-15/h3-8,12,14H,9-11,13H2,1-2H3,(H,19,20)/t14-/m1/s1. The van der Waals surface area contributed by atoms with Crippen molar-refractivity contribution < 1.29 is 14.3 Å². The number of fused-ring (bicyclic) bond motifs is 1. The minimum Gasteiger partial charge on any atom is -0.382 e. The van der Waals surface area contributed by atoms with Gasteiger partial charge in [-0.15, -0.1) is 0 Å². The van der Waals surface area contributed by atoms with Crippen LogP contribution in [0.1, 0.15) is 12.5 Å². The molecular weight excluding hydrogens is 278 g/mol. The van der Waals surface area contributed by atoms with Crippen LogP contribution in [0.4, 0.5) is 0 Å². The van der Waals surface area contributed by atoms with Gasteiger partial charge < -0.3 is 14.8 Å². The van der Waals surface area contributed by atoms with Crippen LogP contribution in [0.2, 0.25) is 0 Å². The van der Waals surface area contributed by atoms with Crippen molar-refractivity contribution >= 4 is 16.7 Å². The van der Waals surface area contributed by atoms with Crippen molar-refractivity contribution in [2.75, 3.05) is 26.9 Å². The highest BCUT2D eigenvalue weighted by molar-refractivity contribution is 5.83. The molecule has 0 unspecified atom stereocenters. The van der Waals surface area contributed by atoms with E-state index >= 15 is 0 Å². The van der Waals surface area contributed by atoms with E-state index in [1.165, 1.54) is 16.3 Å². The second-order valence-electron chi connectivity index (χ2n) is 5.40. The molecule has 0 heterocycles. The van der Waals surface area contributed by atoms with Gasteiger partial charge in [0.1, 0.15) is 6.61 Å². The molecule has 0 saturated heterocycles. The lowest BCUT2D eigenvalue weighted by molar-refractivity contribution is -0.126. The van der Waals surface area contributed by atoms with Crippen LogP contribution < -0.4 is 5.32 Å². The minimum absolute atomic E-state index is 0.0692. The predicted molar refractivity (Wildman–Crippen MR) is 88.0 cm³/mol. The zero-order valence-corrected chi connectivity index (χ0v) is 13.2. The summed E-state index contributed by atoms with van der Waals surface area (Å²) in [4.78, 5) is 11.7. The van der Waals surface area contributed by atoms with Crippen molar-refractivity contribution in [1.29, 1.82) is 0 Å². The van der Waals surface area contributed by atoms with Crippen molar-refractivity contribution in [2.24, 2.45) is 0 Å². The molecule has 22 heavy (non-hydrogen) atoms. The fraction of sp³-hybridized carbons (Fsp3) is 0.389. The van der Waals surface area contributed by atoms with Gasteiger partial charge in [-0.05, 0) is 29.7 Å². The van der Waals surface area contributed by atoms with Crippen molar-refractivity contribution in [2.45, 2.75) is 19.4 Å². The molecule has 2 aromatic rings. The van der Waals surface area contributed by atoms with E-state index in [0.717, 1.165) is 6.42 Å². The minimum atomic E-state index is -0.0932. The van der Waals surface area contributed by atoms with E-state index in [-0.39, 0.29) is 18.6 Å². The maximum absolute atomic E-state index is 11.7. The fourth-order valence-corrected chi connectivity index (χ4v) is 2.39. The van der Waals surface area contributed by atoms with Gasteiger partial charge in [-0.3, -0.25) is 4.79 Å². The quantitative estimate of drug-likeness (QED) is 0.762. The highest BCUT2D eigenvalue weighted by Gasteiger charge is 2.08. The predicted octanol–water partition coefficient (Wildman–Crippen LogP) is 2.55. The molecular formula is C18H23NO3. The molecule has 1 N–H and O–H groups in total.